The van der Waals surface area contributed by atoms with Crippen LogP contribution in [0.4, 0.5) is 5.82 Å². The van der Waals surface area contributed by atoms with Crippen LogP contribution >= 0.6 is 0 Å². The van der Waals surface area contributed by atoms with E-state index in [1.807, 2.05) is 6.07 Å². The molecule has 1 aliphatic rings. The molecule has 10 heavy (non-hydrogen) atoms. The van der Waals surface area contributed by atoms with Crippen LogP contribution in [0.1, 0.15) is 5.56 Å². The molecule has 0 atom stereocenters. The van der Waals surface area contributed by atoms with Crippen LogP contribution in [0.2, 0.25) is 0 Å². The highest BCUT2D eigenvalue weighted by molar-refractivity contribution is 5.43. The molecule has 0 saturated carbocycles. The Hall–Kier alpha value is -1.16. The van der Waals surface area contributed by atoms with E-state index in [0.717, 1.165) is 19.0 Å². The van der Waals surface area contributed by atoms with Crippen LogP contribution in [0.15, 0.2) is 12.3 Å². The highest BCUT2D eigenvalue weighted by Crippen LogP contribution is 2.11. The zero-order valence-electron chi connectivity index (χ0n) is 5.46. The van der Waals surface area contributed by atoms with Crippen LogP contribution in [0, 0.1) is 0 Å². The molecular formula is C6H8N4. The molecular weight excluding hydrogens is 128 g/mol. The first-order valence-corrected chi connectivity index (χ1v) is 3.22. The molecule has 2 rings (SSSR count). The Morgan fingerprint density at radius 3 is 3.40 bits per heavy atom. The predicted octanol–water partition coefficient (Wildman–Crippen LogP) is -0.0508. The van der Waals surface area contributed by atoms with Crippen molar-refractivity contribution in [2.75, 3.05) is 12.0 Å². The van der Waals surface area contributed by atoms with Gasteiger partial charge in [-0.2, -0.15) is 5.10 Å². The van der Waals surface area contributed by atoms with Crippen molar-refractivity contribution in [3.05, 3.63) is 17.8 Å². The SMILES string of the molecule is c1cc2c(nn1)NCNC2. The van der Waals surface area contributed by atoms with Crippen LogP contribution in [-0.2, 0) is 6.54 Å². The first-order chi connectivity index (χ1) is 4.97. The van der Waals surface area contributed by atoms with Gasteiger partial charge in [0.25, 0.3) is 0 Å². The molecule has 4 heteroatoms. The van der Waals surface area contributed by atoms with Crippen LogP contribution in [-0.4, -0.2) is 16.9 Å². The highest BCUT2D eigenvalue weighted by atomic mass is 15.2. The molecule has 2 heterocycles. The van der Waals surface area contributed by atoms with Gasteiger partial charge in [-0.25, -0.2) is 0 Å². The minimum atomic E-state index is 0.783. The minimum absolute atomic E-state index is 0.783. The number of nitrogens with zero attached hydrogens (tertiary/aromatic N) is 2. The summed E-state index contributed by atoms with van der Waals surface area (Å²) < 4.78 is 0. The number of hydrogen-bond donors (Lipinski definition) is 2. The fourth-order valence-electron chi connectivity index (χ4n) is 0.992. The van der Waals surface area contributed by atoms with Crippen molar-refractivity contribution in [2.24, 2.45) is 0 Å². The van der Waals surface area contributed by atoms with Gasteiger partial charge in [0.15, 0.2) is 5.82 Å². The Morgan fingerprint density at radius 1 is 1.50 bits per heavy atom. The molecule has 0 fully saturated rings. The molecule has 0 unspecified atom stereocenters. The summed E-state index contributed by atoms with van der Waals surface area (Å²) in [5, 5.41) is 13.9. The third-order valence-electron chi connectivity index (χ3n) is 1.50. The predicted molar refractivity (Wildman–Crippen MR) is 37.4 cm³/mol. The Labute approximate surface area is 58.7 Å². The molecule has 52 valence electrons. The van der Waals surface area contributed by atoms with E-state index in [-0.39, 0.29) is 0 Å². The molecule has 0 bridgehead atoms. The van der Waals surface area contributed by atoms with Crippen molar-refractivity contribution in [3.63, 3.8) is 0 Å². The van der Waals surface area contributed by atoms with E-state index in [1.165, 1.54) is 5.56 Å². The summed E-state index contributed by atoms with van der Waals surface area (Å²) in [7, 11) is 0. The second-order valence-electron chi connectivity index (χ2n) is 2.19. The third-order valence-corrected chi connectivity index (χ3v) is 1.50. The lowest BCUT2D eigenvalue weighted by molar-refractivity contribution is 0.695. The fourth-order valence-corrected chi connectivity index (χ4v) is 0.992. The summed E-state index contributed by atoms with van der Waals surface area (Å²) in [6.45, 7) is 1.67. The summed E-state index contributed by atoms with van der Waals surface area (Å²) in [5.74, 6) is 0.904. The summed E-state index contributed by atoms with van der Waals surface area (Å²) in [5.41, 5.74) is 1.18. The normalized spacial score (nSPS) is 15.6. The molecule has 0 amide bonds. The molecule has 4 nitrogen and oxygen atoms in total. The van der Waals surface area contributed by atoms with Crippen molar-refractivity contribution in [1.29, 1.82) is 0 Å². The lowest BCUT2D eigenvalue weighted by atomic mass is 10.2. The second kappa shape index (κ2) is 2.22. The van der Waals surface area contributed by atoms with E-state index in [2.05, 4.69) is 20.8 Å². The van der Waals surface area contributed by atoms with Crippen molar-refractivity contribution in [1.82, 2.24) is 15.5 Å². The van der Waals surface area contributed by atoms with Crippen molar-refractivity contribution >= 4 is 5.82 Å². The number of nitrogens with one attached hydrogen (secondary N) is 2. The highest BCUT2D eigenvalue weighted by Gasteiger charge is 2.06. The maximum Gasteiger partial charge on any atom is 0.154 e. The quantitative estimate of drug-likeness (QED) is 0.525. The van der Waals surface area contributed by atoms with E-state index in [4.69, 9.17) is 0 Å². The lowest BCUT2D eigenvalue weighted by Gasteiger charge is -2.15. The zero-order chi connectivity index (χ0) is 6.81. The van der Waals surface area contributed by atoms with Crippen molar-refractivity contribution in [2.45, 2.75) is 6.54 Å². The van der Waals surface area contributed by atoms with E-state index >= 15 is 0 Å². The topological polar surface area (TPSA) is 49.8 Å². The molecule has 0 radical (unpaired) electrons. The number of rotatable bonds is 0. The largest absolute Gasteiger partial charge is 0.356 e. The molecule has 2 N–H and O–H groups in total. The smallest absolute Gasteiger partial charge is 0.154 e. The van der Waals surface area contributed by atoms with Gasteiger partial charge in [-0.05, 0) is 6.07 Å². The first-order valence-electron chi connectivity index (χ1n) is 3.22. The van der Waals surface area contributed by atoms with Crippen LogP contribution in [0.25, 0.3) is 0 Å². The van der Waals surface area contributed by atoms with E-state index in [0.29, 0.717) is 0 Å². The standard InChI is InChI=1S/C6H8N4/c1-2-9-10-6-5(1)3-7-4-8-6/h1-2,7H,3-4H2,(H,8,10). The van der Waals surface area contributed by atoms with E-state index < -0.39 is 0 Å². The zero-order valence-corrected chi connectivity index (χ0v) is 5.46. The van der Waals surface area contributed by atoms with Gasteiger partial charge in [0.1, 0.15) is 0 Å². The minimum Gasteiger partial charge on any atom is -0.356 e. The fraction of sp³-hybridized carbons (Fsp3) is 0.333. The maximum absolute atomic E-state index is 3.92. The third kappa shape index (κ3) is 0.823. The molecule has 1 aromatic rings. The van der Waals surface area contributed by atoms with Crippen molar-refractivity contribution in [3.8, 4) is 0 Å². The summed E-state index contributed by atoms with van der Waals surface area (Å²) in [6.07, 6.45) is 1.70. The van der Waals surface area contributed by atoms with E-state index in [9.17, 15) is 0 Å². The van der Waals surface area contributed by atoms with Gasteiger partial charge >= 0.3 is 0 Å². The molecule has 1 aromatic heterocycles. The van der Waals surface area contributed by atoms with Crippen LogP contribution in [0.3, 0.4) is 0 Å². The summed E-state index contributed by atoms with van der Waals surface area (Å²) in [4.78, 5) is 0. The maximum atomic E-state index is 3.92. The van der Waals surface area contributed by atoms with Gasteiger partial charge in [-0.15, -0.1) is 5.10 Å². The van der Waals surface area contributed by atoms with Gasteiger partial charge in [0.05, 0.1) is 12.9 Å². The Balaban J connectivity index is 2.41. The average Bonchev–Trinajstić information content (AvgIpc) is 2.05. The summed E-state index contributed by atoms with van der Waals surface area (Å²) >= 11 is 0. The number of aromatic nitrogens is 2. The average molecular weight is 136 g/mol. The van der Waals surface area contributed by atoms with Gasteiger partial charge in [0.2, 0.25) is 0 Å². The number of fused-ring (bicyclic) bond motifs is 1. The number of hydrogen-bond acceptors (Lipinski definition) is 4. The van der Waals surface area contributed by atoms with Gasteiger partial charge in [-0.1, -0.05) is 0 Å². The first kappa shape index (κ1) is 5.61. The molecule has 0 spiro atoms. The monoisotopic (exact) mass is 136 g/mol. The van der Waals surface area contributed by atoms with Crippen LogP contribution in [0.5, 0.6) is 0 Å². The molecule has 0 saturated heterocycles. The van der Waals surface area contributed by atoms with Crippen LogP contribution < -0.4 is 10.6 Å². The van der Waals surface area contributed by atoms with E-state index in [1.54, 1.807) is 6.20 Å². The molecule has 1 aliphatic heterocycles. The van der Waals surface area contributed by atoms with Gasteiger partial charge < -0.3 is 5.32 Å². The Kier molecular flexibility index (Phi) is 1.25. The Bertz CT molecular complexity index is 210. The molecule has 0 aromatic carbocycles. The summed E-state index contributed by atoms with van der Waals surface area (Å²) in [6, 6.07) is 1.96. The molecule has 0 aliphatic carbocycles. The van der Waals surface area contributed by atoms with Crippen molar-refractivity contribution < 1.29 is 0 Å². The second-order valence-corrected chi connectivity index (χ2v) is 2.19. The Morgan fingerprint density at radius 2 is 2.50 bits per heavy atom. The lowest BCUT2D eigenvalue weighted by Crippen LogP contribution is -2.28. The number of anilines is 1. The van der Waals surface area contributed by atoms with Gasteiger partial charge in [0, 0.05) is 12.1 Å². The van der Waals surface area contributed by atoms with Gasteiger partial charge in [-0.3, -0.25) is 5.32 Å².